The summed E-state index contributed by atoms with van der Waals surface area (Å²) in [4.78, 5) is 21.9. The minimum atomic E-state index is -4.42. The van der Waals surface area contributed by atoms with Gasteiger partial charge in [0.25, 0.3) is 0 Å². The number of alkyl halides is 3. The van der Waals surface area contributed by atoms with Crippen LogP contribution in [-0.2, 0) is 29.3 Å². The van der Waals surface area contributed by atoms with Crippen molar-refractivity contribution in [2.75, 3.05) is 59.1 Å². The molecule has 2 atom stereocenters. The van der Waals surface area contributed by atoms with Crippen LogP contribution in [0.15, 0.2) is 36.7 Å². The number of halogens is 3. The number of likely N-dealkylation sites (tertiary alicyclic amines) is 1. The molecule has 3 heterocycles. The van der Waals surface area contributed by atoms with Gasteiger partial charge >= 0.3 is 6.18 Å². The van der Waals surface area contributed by atoms with Crippen LogP contribution in [-0.4, -0.2) is 84.3 Å². The molecule has 1 amide bonds. The van der Waals surface area contributed by atoms with Gasteiger partial charge in [0, 0.05) is 64.6 Å². The van der Waals surface area contributed by atoms with Crippen LogP contribution in [0.4, 0.5) is 13.2 Å². The second-order valence-corrected chi connectivity index (χ2v) is 9.53. The number of hydrogen-bond donors (Lipinski definition) is 1. The Labute approximate surface area is 209 Å². The summed E-state index contributed by atoms with van der Waals surface area (Å²) in [6.07, 6.45) is -0.195. The highest BCUT2D eigenvalue weighted by Crippen LogP contribution is 2.32. The van der Waals surface area contributed by atoms with E-state index < -0.39 is 11.7 Å². The van der Waals surface area contributed by atoms with E-state index in [1.165, 1.54) is 12.1 Å². The third kappa shape index (κ3) is 7.44. The highest BCUT2D eigenvalue weighted by atomic mass is 19.4. The minimum Gasteiger partial charge on any atom is -0.493 e. The fourth-order valence-electron chi connectivity index (χ4n) is 4.77. The maximum absolute atomic E-state index is 13.1. The molecular weight excluding hydrogens is 475 g/mol. The molecule has 4 rings (SSSR count). The number of amides is 1. The van der Waals surface area contributed by atoms with Gasteiger partial charge in [0.05, 0.1) is 37.8 Å². The molecule has 0 unspecified atom stereocenters. The lowest BCUT2D eigenvalue weighted by atomic mass is 9.89. The molecule has 1 aromatic heterocycles. The normalized spacial score (nSPS) is 21.9. The van der Waals surface area contributed by atoms with E-state index in [2.05, 4.69) is 20.1 Å². The molecule has 11 heteroatoms. The number of piperidine rings is 1. The van der Waals surface area contributed by atoms with Crippen molar-refractivity contribution in [3.8, 4) is 5.75 Å². The largest absolute Gasteiger partial charge is 0.493 e. The molecule has 36 heavy (non-hydrogen) atoms. The van der Waals surface area contributed by atoms with E-state index in [1.54, 1.807) is 6.20 Å². The summed E-state index contributed by atoms with van der Waals surface area (Å²) in [6, 6.07) is 4.92. The number of nitrogens with zero attached hydrogens (tertiary/aromatic N) is 4. The Kier molecular flexibility index (Phi) is 8.86. The van der Waals surface area contributed by atoms with Crippen LogP contribution in [0.3, 0.4) is 0 Å². The zero-order valence-electron chi connectivity index (χ0n) is 20.5. The van der Waals surface area contributed by atoms with Gasteiger partial charge in [-0.2, -0.15) is 13.2 Å². The van der Waals surface area contributed by atoms with Gasteiger partial charge in [-0.1, -0.05) is 6.07 Å². The van der Waals surface area contributed by atoms with Crippen LogP contribution >= 0.6 is 0 Å². The number of carbonyl (C=O) groups is 1. The maximum Gasteiger partial charge on any atom is 0.416 e. The van der Waals surface area contributed by atoms with Gasteiger partial charge in [0.15, 0.2) is 0 Å². The zero-order chi connectivity index (χ0) is 25.5. The van der Waals surface area contributed by atoms with Crippen LogP contribution in [0.2, 0.25) is 0 Å². The van der Waals surface area contributed by atoms with Crippen molar-refractivity contribution < 1.29 is 27.4 Å². The molecular formula is C25H34F3N5O3. The Morgan fingerprint density at radius 3 is 2.75 bits per heavy atom. The number of ether oxygens (including phenoxy) is 2. The fraction of sp³-hybridized carbons (Fsp3) is 0.600. The van der Waals surface area contributed by atoms with Crippen LogP contribution < -0.4 is 10.1 Å². The Hall–Kier alpha value is -2.63. The summed E-state index contributed by atoms with van der Waals surface area (Å²) in [5.41, 5.74) is -0.738. The lowest BCUT2D eigenvalue weighted by Crippen LogP contribution is -2.49. The predicted octanol–water partition coefficient (Wildman–Crippen LogP) is 2.40. The first kappa shape index (κ1) is 26.4. The summed E-state index contributed by atoms with van der Waals surface area (Å²) in [6.45, 7) is 6.59. The first-order chi connectivity index (χ1) is 17.3. The summed E-state index contributed by atoms with van der Waals surface area (Å²) in [5.74, 6) is 0.817. The van der Waals surface area contributed by atoms with Crippen molar-refractivity contribution in [3.63, 3.8) is 0 Å². The van der Waals surface area contributed by atoms with Crippen molar-refractivity contribution in [1.82, 2.24) is 24.7 Å². The number of aromatic nitrogens is 2. The van der Waals surface area contributed by atoms with E-state index in [1.807, 2.05) is 17.8 Å². The highest BCUT2D eigenvalue weighted by Gasteiger charge is 2.33. The lowest BCUT2D eigenvalue weighted by Gasteiger charge is -2.37. The highest BCUT2D eigenvalue weighted by molar-refractivity contribution is 5.79. The topological polar surface area (TPSA) is 71.9 Å². The number of aryl methyl sites for hydroxylation is 1. The van der Waals surface area contributed by atoms with Crippen molar-refractivity contribution in [2.45, 2.75) is 19.1 Å². The molecule has 2 saturated heterocycles. The molecule has 1 N–H and O–H groups in total. The van der Waals surface area contributed by atoms with E-state index in [-0.39, 0.29) is 30.1 Å². The number of carbonyl (C=O) groups excluding carboxylic acids is 1. The fourth-order valence-corrected chi connectivity index (χ4v) is 4.77. The standard InChI is InChI=1S/C25H34F3N5O3/c1-31-7-5-29-23(31)17-33-15-19(18-36-22-4-2-3-21(14-22)25(26,27)28)13-20(16-33)24(34)30-6-8-32-9-11-35-12-10-32/h2-5,7,14,19-20H,6,8-13,15-18H2,1H3,(H,30,34)/t19-,20+/m0/s1. The first-order valence-electron chi connectivity index (χ1n) is 12.3. The summed E-state index contributed by atoms with van der Waals surface area (Å²) >= 11 is 0. The van der Waals surface area contributed by atoms with Gasteiger partial charge in [-0.3, -0.25) is 14.6 Å². The number of nitrogens with one attached hydrogen (secondary N) is 1. The Morgan fingerprint density at radius 1 is 1.22 bits per heavy atom. The molecule has 2 fully saturated rings. The lowest BCUT2D eigenvalue weighted by molar-refractivity contribution is -0.137. The average Bonchev–Trinajstić information content (AvgIpc) is 3.27. The minimum absolute atomic E-state index is 0.00290. The van der Waals surface area contributed by atoms with E-state index in [9.17, 15) is 18.0 Å². The molecule has 0 aliphatic carbocycles. The van der Waals surface area contributed by atoms with Crippen LogP contribution in [0.5, 0.6) is 5.75 Å². The molecule has 2 aromatic rings. The molecule has 2 aliphatic rings. The van der Waals surface area contributed by atoms with Gasteiger partial charge < -0.3 is 19.4 Å². The molecule has 2 aliphatic heterocycles. The van der Waals surface area contributed by atoms with Gasteiger partial charge in [-0.05, 0) is 24.6 Å². The smallest absolute Gasteiger partial charge is 0.416 e. The van der Waals surface area contributed by atoms with E-state index in [0.717, 1.165) is 37.6 Å². The number of rotatable bonds is 9. The van der Waals surface area contributed by atoms with Gasteiger partial charge in [0.2, 0.25) is 5.91 Å². The van der Waals surface area contributed by atoms with Crippen molar-refractivity contribution >= 4 is 5.91 Å². The average molecular weight is 510 g/mol. The van der Waals surface area contributed by atoms with Crippen LogP contribution in [0, 0.1) is 11.8 Å². The summed E-state index contributed by atoms with van der Waals surface area (Å²) in [5, 5.41) is 3.07. The van der Waals surface area contributed by atoms with E-state index in [0.29, 0.717) is 45.8 Å². The van der Waals surface area contributed by atoms with E-state index in [4.69, 9.17) is 9.47 Å². The third-order valence-electron chi connectivity index (χ3n) is 6.75. The quantitative estimate of drug-likeness (QED) is 0.560. The second kappa shape index (κ2) is 12.1. The zero-order valence-corrected chi connectivity index (χ0v) is 20.5. The molecule has 0 saturated carbocycles. The molecule has 1 aromatic carbocycles. The predicted molar refractivity (Wildman–Crippen MR) is 127 cm³/mol. The van der Waals surface area contributed by atoms with E-state index >= 15 is 0 Å². The Bertz CT molecular complexity index is 993. The Balaban J connectivity index is 1.36. The maximum atomic E-state index is 13.1. The van der Waals surface area contributed by atoms with Crippen LogP contribution in [0.1, 0.15) is 17.8 Å². The molecule has 8 nitrogen and oxygen atoms in total. The summed E-state index contributed by atoms with van der Waals surface area (Å²) in [7, 11) is 1.93. The monoisotopic (exact) mass is 509 g/mol. The van der Waals surface area contributed by atoms with Gasteiger partial charge in [-0.15, -0.1) is 0 Å². The number of imidazole rings is 1. The van der Waals surface area contributed by atoms with Crippen molar-refractivity contribution in [3.05, 3.63) is 48.0 Å². The van der Waals surface area contributed by atoms with Gasteiger partial charge in [0.1, 0.15) is 11.6 Å². The van der Waals surface area contributed by atoms with Crippen molar-refractivity contribution in [1.29, 1.82) is 0 Å². The van der Waals surface area contributed by atoms with Crippen LogP contribution in [0.25, 0.3) is 0 Å². The second-order valence-electron chi connectivity index (χ2n) is 9.53. The SMILES string of the molecule is Cn1ccnc1CN1C[C@@H](COc2cccc(C(F)(F)F)c2)C[C@@H](C(=O)NCCN2CCOCC2)C1. The van der Waals surface area contributed by atoms with Crippen molar-refractivity contribution in [2.24, 2.45) is 18.9 Å². The Morgan fingerprint density at radius 2 is 2.03 bits per heavy atom. The van der Waals surface area contributed by atoms with Gasteiger partial charge in [-0.25, -0.2) is 4.98 Å². The summed E-state index contributed by atoms with van der Waals surface area (Å²) < 4.78 is 52.3. The molecule has 198 valence electrons. The molecule has 0 spiro atoms. The molecule has 0 radical (unpaired) electrons. The number of benzene rings is 1. The first-order valence-corrected chi connectivity index (χ1v) is 12.3. The molecule has 0 bridgehead atoms. The number of hydrogen-bond acceptors (Lipinski definition) is 6. The number of morpholine rings is 1. The third-order valence-corrected chi connectivity index (χ3v) is 6.75.